The predicted molar refractivity (Wildman–Crippen MR) is 118 cm³/mol. The second kappa shape index (κ2) is 9.80. The van der Waals surface area contributed by atoms with E-state index < -0.39 is 10.0 Å². The van der Waals surface area contributed by atoms with E-state index in [1.165, 1.54) is 10.4 Å². The summed E-state index contributed by atoms with van der Waals surface area (Å²) in [7, 11) is -3.55. The van der Waals surface area contributed by atoms with Gasteiger partial charge in [-0.1, -0.05) is 12.5 Å². The highest BCUT2D eigenvalue weighted by molar-refractivity contribution is 7.89. The van der Waals surface area contributed by atoms with Crippen LogP contribution in [0.15, 0.2) is 53.4 Å². The van der Waals surface area contributed by atoms with E-state index in [-0.39, 0.29) is 16.9 Å². The molecule has 1 atom stereocenters. The molecule has 7 nitrogen and oxygen atoms in total. The first-order valence-corrected chi connectivity index (χ1v) is 12.2. The van der Waals surface area contributed by atoms with Crippen molar-refractivity contribution in [3.05, 3.63) is 54.1 Å². The maximum atomic E-state index is 12.9. The minimum atomic E-state index is -3.55. The van der Waals surface area contributed by atoms with Gasteiger partial charge in [-0.2, -0.15) is 4.31 Å². The maximum Gasteiger partial charge on any atom is 0.255 e. The highest BCUT2D eigenvalue weighted by Crippen LogP contribution is 2.23. The van der Waals surface area contributed by atoms with E-state index in [0.29, 0.717) is 36.7 Å². The summed E-state index contributed by atoms with van der Waals surface area (Å²) in [4.78, 5) is 12.8. The number of rotatable bonds is 7. The summed E-state index contributed by atoms with van der Waals surface area (Å²) in [6.07, 6.45) is 5.02. The molecule has 1 amide bonds. The van der Waals surface area contributed by atoms with Gasteiger partial charge in [0.05, 0.1) is 11.0 Å². The zero-order chi connectivity index (χ0) is 21.7. The Morgan fingerprint density at radius 3 is 2.55 bits per heavy atom. The van der Waals surface area contributed by atoms with Gasteiger partial charge in [0.15, 0.2) is 0 Å². The molecule has 166 valence electrons. The number of piperidine rings is 1. The molecule has 0 aromatic heterocycles. The lowest BCUT2D eigenvalue weighted by atomic mass is 10.2. The molecule has 4 rings (SSSR count). The summed E-state index contributed by atoms with van der Waals surface area (Å²) in [6.45, 7) is 2.37. The van der Waals surface area contributed by atoms with Crippen molar-refractivity contribution >= 4 is 21.6 Å². The van der Waals surface area contributed by atoms with Gasteiger partial charge >= 0.3 is 0 Å². The van der Waals surface area contributed by atoms with Crippen LogP contribution in [0.5, 0.6) is 5.75 Å². The number of carbonyl (C=O) groups is 1. The van der Waals surface area contributed by atoms with Crippen molar-refractivity contribution in [3.63, 3.8) is 0 Å². The van der Waals surface area contributed by atoms with Gasteiger partial charge in [-0.15, -0.1) is 0 Å². The number of sulfonamides is 1. The molecular formula is C23H28N2O5S. The molecule has 2 saturated heterocycles. The van der Waals surface area contributed by atoms with Crippen molar-refractivity contribution in [2.24, 2.45) is 0 Å². The van der Waals surface area contributed by atoms with E-state index in [1.54, 1.807) is 42.5 Å². The van der Waals surface area contributed by atoms with E-state index in [2.05, 4.69) is 5.32 Å². The monoisotopic (exact) mass is 444 g/mol. The third-order valence-electron chi connectivity index (χ3n) is 5.62. The molecule has 0 saturated carbocycles. The van der Waals surface area contributed by atoms with Crippen LogP contribution in [0.25, 0.3) is 0 Å². The average Bonchev–Trinajstić information content (AvgIpc) is 3.32. The Morgan fingerprint density at radius 1 is 1.06 bits per heavy atom. The Morgan fingerprint density at radius 2 is 1.84 bits per heavy atom. The number of benzene rings is 2. The fourth-order valence-electron chi connectivity index (χ4n) is 3.86. The second-order valence-corrected chi connectivity index (χ2v) is 9.86. The van der Waals surface area contributed by atoms with Crippen LogP contribution in [0.2, 0.25) is 0 Å². The number of hydrogen-bond donors (Lipinski definition) is 1. The first-order chi connectivity index (χ1) is 15.0. The number of anilines is 1. The largest absolute Gasteiger partial charge is 0.491 e. The molecule has 0 bridgehead atoms. The van der Waals surface area contributed by atoms with Crippen molar-refractivity contribution in [2.75, 3.05) is 31.6 Å². The average molecular weight is 445 g/mol. The van der Waals surface area contributed by atoms with Crippen LogP contribution < -0.4 is 10.1 Å². The van der Waals surface area contributed by atoms with E-state index in [4.69, 9.17) is 9.47 Å². The van der Waals surface area contributed by atoms with Crippen LogP contribution >= 0.6 is 0 Å². The second-order valence-electron chi connectivity index (χ2n) is 7.92. The highest BCUT2D eigenvalue weighted by atomic mass is 32.2. The fourth-order valence-corrected chi connectivity index (χ4v) is 5.42. The molecule has 0 unspecified atom stereocenters. The molecule has 2 heterocycles. The van der Waals surface area contributed by atoms with Gasteiger partial charge in [0.1, 0.15) is 12.4 Å². The van der Waals surface area contributed by atoms with Crippen LogP contribution in [0.4, 0.5) is 5.69 Å². The summed E-state index contributed by atoms with van der Waals surface area (Å²) in [5.41, 5.74) is 0.913. The van der Waals surface area contributed by atoms with Gasteiger partial charge in [-0.25, -0.2) is 8.42 Å². The predicted octanol–water partition coefficient (Wildman–Crippen LogP) is 3.67. The number of ether oxygens (including phenoxy) is 2. The van der Waals surface area contributed by atoms with Crippen LogP contribution in [0, 0.1) is 0 Å². The Bertz CT molecular complexity index is 995. The molecule has 2 aliphatic rings. The van der Waals surface area contributed by atoms with Crippen LogP contribution in [0.3, 0.4) is 0 Å². The van der Waals surface area contributed by atoms with E-state index in [0.717, 1.165) is 38.7 Å². The van der Waals surface area contributed by atoms with E-state index >= 15 is 0 Å². The molecule has 8 heteroatoms. The van der Waals surface area contributed by atoms with Crippen LogP contribution in [-0.2, 0) is 14.8 Å². The standard InChI is InChI=1S/C23H28N2O5S/c26-23(18-9-11-20(12-10-18)30-17-21-7-5-15-29-21)24-19-6-4-8-22(16-19)31(27,28)25-13-2-1-3-14-25/h4,6,8-12,16,21H,1-3,5,7,13-15,17H2,(H,24,26)/t21-/m0/s1. The molecule has 2 aromatic carbocycles. The first kappa shape index (κ1) is 21.8. The van der Waals surface area contributed by atoms with E-state index in [9.17, 15) is 13.2 Å². The van der Waals surface area contributed by atoms with Gasteiger partial charge in [0, 0.05) is 30.9 Å². The quantitative estimate of drug-likeness (QED) is 0.704. The zero-order valence-electron chi connectivity index (χ0n) is 17.5. The third kappa shape index (κ3) is 5.44. The molecule has 2 fully saturated rings. The maximum absolute atomic E-state index is 12.9. The van der Waals surface area contributed by atoms with E-state index in [1.807, 2.05) is 0 Å². The molecular weight excluding hydrogens is 416 g/mol. The topological polar surface area (TPSA) is 84.9 Å². The molecule has 2 aromatic rings. The minimum absolute atomic E-state index is 0.136. The van der Waals surface area contributed by atoms with Crippen molar-refractivity contribution in [1.82, 2.24) is 4.31 Å². The molecule has 0 aliphatic carbocycles. The van der Waals surface area contributed by atoms with Crippen molar-refractivity contribution in [1.29, 1.82) is 0 Å². The number of nitrogens with one attached hydrogen (secondary N) is 1. The lowest BCUT2D eigenvalue weighted by Gasteiger charge is -2.26. The van der Waals surface area contributed by atoms with Crippen molar-refractivity contribution < 1.29 is 22.7 Å². The molecule has 2 aliphatic heterocycles. The number of carbonyl (C=O) groups excluding carboxylic acids is 1. The summed E-state index contributed by atoms with van der Waals surface area (Å²) in [6, 6.07) is 13.3. The van der Waals surface area contributed by atoms with Crippen LogP contribution in [0.1, 0.15) is 42.5 Å². The molecule has 0 radical (unpaired) electrons. The Labute approximate surface area is 183 Å². The van der Waals surface area contributed by atoms with Gasteiger partial charge in [-0.05, 0) is 68.1 Å². The normalized spacial score (nSPS) is 19.8. The number of amides is 1. The number of nitrogens with zero attached hydrogens (tertiary/aromatic N) is 1. The lowest BCUT2D eigenvalue weighted by molar-refractivity contribution is 0.0679. The first-order valence-electron chi connectivity index (χ1n) is 10.8. The van der Waals surface area contributed by atoms with Gasteiger partial charge in [-0.3, -0.25) is 4.79 Å². The fraction of sp³-hybridized carbons (Fsp3) is 0.435. The summed E-state index contributed by atoms with van der Waals surface area (Å²) < 4.78 is 38.5. The van der Waals surface area contributed by atoms with Gasteiger partial charge in [0.2, 0.25) is 10.0 Å². The third-order valence-corrected chi connectivity index (χ3v) is 7.52. The van der Waals surface area contributed by atoms with Gasteiger partial charge in [0.25, 0.3) is 5.91 Å². The molecule has 1 N–H and O–H groups in total. The zero-order valence-corrected chi connectivity index (χ0v) is 18.3. The summed E-state index contributed by atoms with van der Waals surface area (Å²) in [5, 5.41) is 2.79. The summed E-state index contributed by atoms with van der Waals surface area (Å²) >= 11 is 0. The highest BCUT2D eigenvalue weighted by Gasteiger charge is 2.26. The van der Waals surface area contributed by atoms with Crippen molar-refractivity contribution in [3.8, 4) is 5.75 Å². The Kier molecular flexibility index (Phi) is 6.89. The Hall–Kier alpha value is -2.42. The minimum Gasteiger partial charge on any atom is -0.491 e. The molecule has 0 spiro atoms. The summed E-state index contributed by atoms with van der Waals surface area (Å²) in [5.74, 6) is 0.375. The SMILES string of the molecule is O=C(Nc1cccc(S(=O)(=O)N2CCCCC2)c1)c1ccc(OC[C@@H]2CCCO2)cc1. The number of hydrogen-bond acceptors (Lipinski definition) is 5. The molecule has 31 heavy (non-hydrogen) atoms. The van der Waals surface area contributed by atoms with Crippen molar-refractivity contribution in [2.45, 2.75) is 43.1 Å². The lowest BCUT2D eigenvalue weighted by Crippen LogP contribution is -2.35. The smallest absolute Gasteiger partial charge is 0.255 e. The Balaban J connectivity index is 1.38. The van der Waals surface area contributed by atoms with Crippen LogP contribution in [-0.4, -0.2) is 51.0 Å². The van der Waals surface area contributed by atoms with Gasteiger partial charge < -0.3 is 14.8 Å².